The zero-order valence-corrected chi connectivity index (χ0v) is 13.3. The van der Waals surface area contributed by atoms with Crippen LogP contribution in [-0.4, -0.2) is 49.6 Å². The summed E-state index contributed by atoms with van der Waals surface area (Å²) in [5, 5.41) is 5.56. The molecule has 122 valence electrons. The number of hydrogen-bond donors (Lipinski definition) is 2. The summed E-state index contributed by atoms with van der Waals surface area (Å²) in [5.41, 5.74) is 2.20. The molecular weight excluding hydrogens is 292 g/mol. The van der Waals surface area contributed by atoms with Crippen LogP contribution >= 0.6 is 0 Å². The lowest BCUT2D eigenvalue weighted by atomic mass is 10.2. The van der Waals surface area contributed by atoms with Gasteiger partial charge >= 0.3 is 6.03 Å². The van der Waals surface area contributed by atoms with Crippen LogP contribution in [0, 0.1) is 0 Å². The van der Waals surface area contributed by atoms with Crippen LogP contribution in [0.15, 0.2) is 36.4 Å². The Labute approximate surface area is 136 Å². The molecule has 23 heavy (non-hydrogen) atoms. The number of hydrogen-bond acceptors (Lipinski definition) is 3. The van der Waals surface area contributed by atoms with Crippen molar-refractivity contribution >= 4 is 17.6 Å². The highest BCUT2D eigenvalue weighted by Gasteiger charge is 2.30. The number of rotatable bonds is 4. The molecular formula is C17H22N4O2. The van der Waals surface area contributed by atoms with E-state index in [1.807, 2.05) is 12.1 Å². The lowest BCUT2D eigenvalue weighted by Gasteiger charge is -2.18. The van der Waals surface area contributed by atoms with Crippen molar-refractivity contribution in [2.45, 2.75) is 19.0 Å². The predicted octanol–water partition coefficient (Wildman–Crippen LogP) is 1.09. The maximum atomic E-state index is 12.0. The number of benzene rings is 1. The van der Waals surface area contributed by atoms with E-state index in [9.17, 15) is 9.59 Å². The third-order valence-electron chi connectivity index (χ3n) is 4.28. The summed E-state index contributed by atoms with van der Waals surface area (Å²) in [4.78, 5) is 27.6. The Morgan fingerprint density at radius 3 is 2.78 bits per heavy atom. The molecule has 0 bridgehead atoms. The van der Waals surface area contributed by atoms with Crippen LogP contribution < -0.4 is 15.5 Å². The number of carbonyl (C=O) groups is 2. The Kier molecular flexibility index (Phi) is 4.50. The van der Waals surface area contributed by atoms with Gasteiger partial charge in [0.2, 0.25) is 5.91 Å². The SMILES string of the molecule is CN1CC[C@H](NC(=O)NCc2cccc(N3CC=CC3)c2)C1=O. The number of likely N-dealkylation sites (N-methyl/N-ethyl adjacent to an activating group) is 1. The molecule has 2 heterocycles. The number of anilines is 1. The van der Waals surface area contributed by atoms with Crippen LogP contribution in [0.25, 0.3) is 0 Å². The number of nitrogens with one attached hydrogen (secondary N) is 2. The predicted molar refractivity (Wildman–Crippen MR) is 89.2 cm³/mol. The minimum atomic E-state index is -0.401. The zero-order valence-electron chi connectivity index (χ0n) is 13.3. The van der Waals surface area contributed by atoms with E-state index in [4.69, 9.17) is 0 Å². The van der Waals surface area contributed by atoms with Crippen molar-refractivity contribution in [3.8, 4) is 0 Å². The molecule has 2 N–H and O–H groups in total. The molecule has 0 saturated carbocycles. The first-order valence-electron chi connectivity index (χ1n) is 7.92. The first-order valence-corrected chi connectivity index (χ1v) is 7.92. The van der Waals surface area contributed by atoms with Crippen molar-refractivity contribution < 1.29 is 9.59 Å². The van der Waals surface area contributed by atoms with Crippen LogP contribution in [-0.2, 0) is 11.3 Å². The summed E-state index contributed by atoms with van der Waals surface area (Å²) in [6, 6.07) is 7.44. The molecule has 0 unspecified atom stereocenters. The van der Waals surface area contributed by atoms with Gasteiger partial charge in [-0.3, -0.25) is 4.79 Å². The van der Waals surface area contributed by atoms with Gasteiger partial charge in [0.05, 0.1) is 0 Å². The van der Waals surface area contributed by atoms with E-state index in [2.05, 4.69) is 39.8 Å². The molecule has 6 nitrogen and oxygen atoms in total. The maximum absolute atomic E-state index is 12.0. The maximum Gasteiger partial charge on any atom is 0.315 e. The largest absolute Gasteiger partial charge is 0.364 e. The van der Waals surface area contributed by atoms with Gasteiger partial charge in [-0.1, -0.05) is 24.3 Å². The van der Waals surface area contributed by atoms with Gasteiger partial charge in [0.1, 0.15) is 6.04 Å². The highest BCUT2D eigenvalue weighted by atomic mass is 16.2. The van der Waals surface area contributed by atoms with E-state index in [0.717, 1.165) is 24.3 Å². The molecule has 1 fully saturated rings. The van der Waals surface area contributed by atoms with Gasteiger partial charge < -0.3 is 20.4 Å². The monoisotopic (exact) mass is 314 g/mol. The minimum absolute atomic E-state index is 0.0244. The molecule has 0 aromatic heterocycles. The van der Waals surface area contributed by atoms with E-state index in [-0.39, 0.29) is 11.9 Å². The Morgan fingerprint density at radius 1 is 1.30 bits per heavy atom. The lowest BCUT2D eigenvalue weighted by Crippen LogP contribution is -2.45. The summed E-state index contributed by atoms with van der Waals surface area (Å²) in [7, 11) is 1.75. The molecule has 1 aromatic carbocycles. The fraction of sp³-hybridized carbons (Fsp3) is 0.412. The highest BCUT2D eigenvalue weighted by Crippen LogP contribution is 2.18. The highest BCUT2D eigenvalue weighted by molar-refractivity contribution is 5.88. The Hall–Kier alpha value is -2.50. The average molecular weight is 314 g/mol. The molecule has 1 aromatic rings. The average Bonchev–Trinajstić information content (AvgIpc) is 3.19. The molecule has 3 rings (SSSR count). The molecule has 2 aliphatic heterocycles. The van der Waals surface area contributed by atoms with Crippen LogP contribution in [0.2, 0.25) is 0 Å². The molecule has 0 radical (unpaired) electrons. The van der Waals surface area contributed by atoms with E-state index >= 15 is 0 Å². The normalized spacial score (nSPS) is 20.2. The smallest absolute Gasteiger partial charge is 0.315 e. The number of urea groups is 1. The fourth-order valence-electron chi connectivity index (χ4n) is 2.90. The van der Waals surface area contributed by atoms with E-state index < -0.39 is 6.04 Å². The number of likely N-dealkylation sites (tertiary alicyclic amines) is 1. The third kappa shape index (κ3) is 3.64. The topological polar surface area (TPSA) is 64.7 Å². The van der Waals surface area contributed by atoms with Gasteiger partial charge in [-0.15, -0.1) is 0 Å². The third-order valence-corrected chi connectivity index (χ3v) is 4.28. The molecule has 0 aliphatic carbocycles. The summed E-state index contributed by atoms with van der Waals surface area (Å²) >= 11 is 0. The van der Waals surface area contributed by atoms with Crippen LogP contribution in [0.5, 0.6) is 0 Å². The Morgan fingerprint density at radius 2 is 2.09 bits per heavy atom. The molecule has 6 heteroatoms. The molecule has 3 amide bonds. The van der Waals surface area contributed by atoms with Gasteiger partial charge in [0.25, 0.3) is 0 Å². The van der Waals surface area contributed by atoms with Crippen LogP contribution in [0.1, 0.15) is 12.0 Å². The van der Waals surface area contributed by atoms with E-state index in [1.54, 1.807) is 11.9 Å². The molecule has 0 spiro atoms. The zero-order chi connectivity index (χ0) is 16.2. The molecule has 2 aliphatic rings. The van der Waals surface area contributed by atoms with Crippen molar-refractivity contribution in [1.29, 1.82) is 0 Å². The number of nitrogens with zero attached hydrogens (tertiary/aromatic N) is 2. The molecule has 1 saturated heterocycles. The van der Waals surface area contributed by atoms with Crippen molar-refractivity contribution in [3.63, 3.8) is 0 Å². The van der Waals surface area contributed by atoms with Crippen molar-refractivity contribution in [2.24, 2.45) is 0 Å². The second kappa shape index (κ2) is 6.73. The lowest BCUT2D eigenvalue weighted by molar-refractivity contribution is -0.128. The number of carbonyl (C=O) groups excluding carboxylic acids is 2. The fourth-order valence-corrected chi connectivity index (χ4v) is 2.90. The van der Waals surface area contributed by atoms with Crippen LogP contribution in [0.3, 0.4) is 0 Å². The first kappa shape index (κ1) is 15.4. The van der Waals surface area contributed by atoms with Gasteiger partial charge in [0.15, 0.2) is 0 Å². The van der Waals surface area contributed by atoms with E-state index in [1.165, 1.54) is 0 Å². The quantitative estimate of drug-likeness (QED) is 0.818. The van der Waals surface area contributed by atoms with Gasteiger partial charge in [0, 0.05) is 38.9 Å². The molecule has 1 atom stereocenters. The van der Waals surface area contributed by atoms with E-state index in [0.29, 0.717) is 19.5 Å². The summed E-state index contributed by atoms with van der Waals surface area (Å²) in [5.74, 6) is -0.0244. The minimum Gasteiger partial charge on any atom is -0.364 e. The van der Waals surface area contributed by atoms with Crippen molar-refractivity contribution in [1.82, 2.24) is 15.5 Å². The summed E-state index contributed by atoms with van der Waals surface area (Å²) in [6.07, 6.45) is 4.96. The van der Waals surface area contributed by atoms with Crippen molar-refractivity contribution in [3.05, 3.63) is 42.0 Å². The van der Waals surface area contributed by atoms with Gasteiger partial charge in [-0.05, 0) is 24.1 Å². The Bertz CT molecular complexity index is 621. The van der Waals surface area contributed by atoms with Gasteiger partial charge in [-0.25, -0.2) is 4.79 Å². The first-order chi connectivity index (χ1) is 11.1. The summed E-state index contributed by atoms with van der Waals surface area (Å²) < 4.78 is 0. The standard InChI is InChI=1S/C17H22N4O2/c1-20-10-7-15(16(20)22)19-17(23)18-12-13-5-4-6-14(11-13)21-8-2-3-9-21/h2-6,11,15H,7-10,12H2,1H3,(H2,18,19,23)/t15-/m0/s1. The van der Waals surface area contributed by atoms with Crippen molar-refractivity contribution in [2.75, 3.05) is 31.6 Å². The summed E-state index contributed by atoms with van der Waals surface area (Å²) in [6.45, 7) is 2.98. The van der Waals surface area contributed by atoms with Gasteiger partial charge in [-0.2, -0.15) is 0 Å². The van der Waals surface area contributed by atoms with Crippen LogP contribution in [0.4, 0.5) is 10.5 Å². The Balaban J connectivity index is 1.51. The second-order valence-corrected chi connectivity index (χ2v) is 5.97. The second-order valence-electron chi connectivity index (χ2n) is 5.97. The number of amides is 3.